The maximum Gasteiger partial charge on any atom is 0.312 e. The molecule has 0 saturated heterocycles. The van der Waals surface area contributed by atoms with Gasteiger partial charge in [-0.2, -0.15) is 0 Å². The van der Waals surface area contributed by atoms with Gasteiger partial charge in [0.2, 0.25) is 5.91 Å². The zero-order chi connectivity index (χ0) is 19.2. The normalized spacial score (nSPS) is 13.7. The minimum atomic E-state index is -0.626. The van der Waals surface area contributed by atoms with Gasteiger partial charge < -0.3 is 15.8 Å². The van der Waals surface area contributed by atoms with Crippen LogP contribution in [-0.2, 0) is 14.3 Å². The number of nitrogens with two attached hydrogens (primary N) is 1. The van der Waals surface area contributed by atoms with E-state index in [4.69, 9.17) is 10.5 Å². The molecule has 0 unspecified atom stereocenters. The number of hydrogen-bond acceptors (Lipinski definition) is 4. The zero-order valence-electron chi connectivity index (χ0n) is 16.6. The number of amides is 1. The van der Waals surface area contributed by atoms with Gasteiger partial charge in [-0.05, 0) is 31.2 Å². The molecule has 6 heteroatoms. The van der Waals surface area contributed by atoms with E-state index in [0.717, 1.165) is 5.56 Å². The number of esters is 1. The molecular weight excluding hydrogens is 352 g/mol. The summed E-state index contributed by atoms with van der Waals surface area (Å²) < 4.78 is 5.63. The van der Waals surface area contributed by atoms with Crippen LogP contribution in [0.2, 0.25) is 0 Å². The highest BCUT2D eigenvalue weighted by Crippen LogP contribution is 2.36. The van der Waals surface area contributed by atoms with Gasteiger partial charge in [-0.3, -0.25) is 9.59 Å². The number of nitrogens with one attached hydrogen (secondary N) is 1. The van der Waals surface area contributed by atoms with Gasteiger partial charge in [0.15, 0.2) is 0 Å². The molecule has 5 nitrogen and oxygen atoms in total. The maximum absolute atomic E-state index is 12.7. The molecule has 1 rings (SSSR count). The van der Waals surface area contributed by atoms with Gasteiger partial charge in [0.1, 0.15) is 6.61 Å². The third-order valence-corrected chi connectivity index (χ3v) is 5.15. The van der Waals surface area contributed by atoms with Crippen LogP contribution in [0.3, 0.4) is 0 Å². The number of carbonyl (C=O) groups is 2. The Balaban J connectivity index is 0.00000625. The largest absolute Gasteiger partial charge is 0.463 e. The topological polar surface area (TPSA) is 81.4 Å². The smallest absolute Gasteiger partial charge is 0.312 e. The lowest BCUT2D eigenvalue weighted by atomic mass is 9.70. The summed E-state index contributed by atoms with van der Waals surface area (Å²) in [5.74, 6) is -0.225. The number of halogens is 1. The van der Waals surface area contributed by atoms with Gasteiger partial charge in [0.05, 0.1) is 17.5 Å². The fraction of sp³-hybridized carbons (Fsp3) is 0.600. The lowest BCUT2D eigenvalue weighted by Crippen LogP contribution is -2.44. The van der Waals surface area contributed by atoms with Crippen molar-refractivity contribution in [2.75, 3.05) is 6.61 Å². The molecule has 0 aliphatic carbocycles. The maximum atomic E-state index is 12.7. The van der Waals surface area contributed by atoms with Crippen LogP contribution in [0.5, 0.6) is 0 Å². The van der Waals surface area contributed by atoms with E-state index in [1.165, 1.54) is 0 Å². The Bertz CT molecular complexity index is 566. The Morgan fingerprint density at radius 3 is 2.00 bits per heavy atom. The molecule has 0 bridgehead atoms. The Kier molecular flexibility index (Phi) is 9.89. The summed E-state index contributed by atoms with van der Waals surface area (Å²) in [6.07, 6.45) is 0. The highest BCUT2D eigenvalue weighted by Gasteiger charge is 2.41. The third-order valence-electron chi connectivity index (χ3n) is 5.15. The molecule has 148 valence electrons. The summed E-state index contributed by atoms with van der Waals surface area (Å²) in [6, 6.07) is 8.40. The quantitative estimate of drug-likeness (QED) is 0.672. The van der Waals surface area contributed by atoms with Gasteiger partial charge in [0.25, 0.3) is 0 Å². The van der Waals surface area contributed by atoms with Crippen molar-refractivity contribution in [2.45, 2.75) is 53.6 Å². The molecule has 2 atom stereocenters. The van der Waals surface area contributed by atoms with E-state index >= 15 is 0 Å². The van der Waals surface area contributed by atoms with Crippen molar-refractivity contribution < 1.29 is 14.3 Å². The van der Waals surface area contributed by atoms with E-state index in [0.29, 0.717) is 0 Å². The van der Waals surface area contributed by atoms with E-state index in [2.05, 4.69) is 5.32 Å². The van der Waals surface area contributed by atoms with Crippen LogP contribution in [0.15, 0.2) is 30.3 Å². The second-order valence-corrected chi connectivity index (χ2v) is 7.45. The first-order valence-corrected chi connectivity index (χ1v) is 8.88. The van der Waals surface area contributed by atoms with Gasteiger partial charge >= 0.3 is 5.97 Å². The van der Waals surface area contributed by atoms with Gasteiger partial charge in [-0.25, -0.2) is 0 Å². The van der Waals surface area contributed by atoms with Crippen molar-refractivity contribution >= 4 is 24.3 Å². The van der Waals surface area contributed by atoms with Crippen molar-refractivity contribution in [3.63, 3.8) is 0 Å². The van der Waals surface area contributed by atoms with Crippen LogP contribution >= 0.6 is 12.4 Å². The van der Waals surface area contributed by atoms with Crippen molar-refractivity contribution in [3.8, 4) is 0 Å². The standard InChI is InChI=1S/C20H32N2O3.ClH/c1-13(2)20(6,14(3)4)19(24)25-12-17(22-18(23)15(5)21)16-10-8-7-9-11-16;/h7-11,13-15,17H,12,21H2,1-6H3,(H,22,23);1H/t15-,17+;/m0./s1. The number of rotatable bonds is 8. The van der Waals surface area contributed by atoms with Crippen LogP contribution in [0.1, 0.15) is 53.1 Å². The predicted molar refractivity (Wildman–Crippen MR) is 107 cm³/mol. The molecule has 1 amide bonds. The lowest BCUT2D eigenvalue weighted by molar-refractivity contribution is -0.162. The molecule has 0 aromatic heterocycles. The van der Waals surface area contributed by atoms with Crippen LogP contribution in [-0.4, -0.2) is 24.5 Å². The van der Waals surface area contributed by atoms with E-state index in [1.807, 2.05) is 65.0 Å². The predicted octanol–water partition coefficient (Wildman–Crippen LogP) is 3.47. The minimum absolute atomic E-state index is 0. The first kappa shape index (κ1) is 24.4. The van der Waals surface area contributed by atoms with Gasteiger partial charge in [0, 0.05) is 0 Å². The average molecular weight is 385 g/mol. The molecular formula is C20H33ClN2O3. The molecule has 0 spiro atoms. The van der Waals surface area contributed by atoms with E-state index in [-0.39, 0.29) is 42.7 Å². The zero-order valence-corrected chi connectivity index (χ0v) is 17.4. The second-order valence-electron chi connectivity index (χ2n) is 7.45. The summed E-state index contributed by atoms with van der Waals surface area (Å²) >= 11 is 0. The van der Waals surface area contributed by atoms with Crippen LogP contribution in [0.4, 0.5) is 0 Å². The molecule has 0 aliphatic rings. The first-order valence-electron chi connectivity index (χ1n) is 8.88. The van der Waals surface area contributed by atoms with E-state index < -0.39 is 17.5 Å². The van der Waals surface area contributed by atoms with Gasteiger partial charge in [-0.15, -0.1) is 12.4 Å². The number of carbonyl (C=O) groups excluding carboxylic acids is 2. The van der Waals surface area contributed by atoms with Gasteiger partial charge in [-0.1, -0.05) is 58.0 Å². The second kappa shape index (κ2) is 10.5. The number of ether oxygens (including phenoxy) is 1. The Hall–Kier alpha value is -1.59. The highest BCUT2D eigenvalue weighted by atomic mass is 35.5. The average Bonchev–Trinajstić information content (AvgIpc) is 2.57. The molecule has 3 N–H and O–H groups in total. The summed E-state index contributed by atoms with van der Waals surface area (Å²) in [4.78, 5) is 24.8. The van der Waals surface area contributed by atoms with Crippen LogP contribution in [0.25, 0.3) is 0 Å². The van der Waals surface area contributed by atoms with E-state index in [9.17, 15) is 9.59 Å². The van der Waals surface area contributed by atoms with Crippen molar-refractivity contribution in [3.05, 3.63) is 35.9 Å². The molecule has 26 heavy (non-hydrogen) atoms. The minimum Gasteiger partial charge on any atom is -0.463 e. The highest BCUT2D eigenvalue weighted by molar-refractivity contribution is 5.85. The van der Waals surface area contributed by atoms with Crippen molar-refractivity contribution in [1.82, 2.24) is 5.32 Å². The Labute approximate surface area is 163 Å². The molecule has 0 saturated carbocycles. The van der Waals surface area contributed by atoms with Crippen molar-refractivity contribution in [2.24, 2.45) is 23.0 Å². The van der Waals surface area contributed by atoms with Crippen LogP contribution < -0.4 is 11.1 Å². The molecule has 0 radical (unpaired) electrons. The van der Waals surface area contributed by atoms with Crippen molar-refractivity contribution in [1.29, 1.82) is 0 Å². The first-order chi connectivity index (χ1) is 11.6. The van der Waals surface area contributed by atoms with Crippen LogP contribution in [0, 0.1) is 17.3 Å². The Morgan fingerprint density at radius 2 is 1.58 bits per heavy atom. The summed E-state index contributed by atoms with van der Waals surface area (Å²) in [5, 5.41) is 2.86. The molecule has 0 aliphatic heterocycles. The molecule has 1 aromatic rings. The third kappa shape index (κ3) is 5.99. The summed E-state index contributed by atoms with van der Waals surface area (Å²) in [6.45, 7) is 11.7. The summed E-state index contributed by atoms with van der Waals surface area (Å²) in [5.41, 5.74) is 5.95. The summed E-state index contributed by atoms with van der Waals surface area (Å²) in [7, 11) is 0. The fourth-order valence-electron chi connectivity index (χ4n) is 2.66. The fourth-order valence-corrected chi connectivity index (χ4v) is 2.66. The monoisotopic (exact) mass is 384 g/mol. The number of benzene rings is 1. The molecule has 0 fully saturated rings. The number of hydrogen-bond donors (Lipinski definition) is 2. The van der Waals surface area contributed by atoms with E-state index in [1.54, 1.807) is 6.92 Å². The molecule has 0 heterocycles. The Morgan fingerprint density at radius 1 is 1.08 bits per heavy atom. The SMILES string of the molecule is CC(C)C(C)(C(=O)OC[C@@H](NC(=O)[C@H](C)N)c1ccccc1)C(C)C.Cl. The molecule has 1 aromatic carbocycles. The lowest BCUT2D eigenvalue weighted by Gasteiger charge is -2.35.